The van der Waals surface area contributed by atoms with E-state index in [9.17, 15) is 9.18 Å². The molecule has 1 N–H and O–H groups in total. The van der Waals surface area contributed by atoms with Crippen molar-refractivity contribution in [3.05, 3.63) is 22.7 Å². The SMILES string of the molecule is CCC(C)C(=O)Nc1c(F)cncc1Br. The van der Waals surface area contributed by atoms with Gasteiger partial charge in [0.05, 0.1) is 16.4 Å². The molecule has 1 aromatic heterocycles. The van der Waals surface area contributed by atoms with Crippen molar-refractivity contribution < 1.29 is 9.18 Å². The first-order valence-corrected chi connectivity index (χ1v) is 5.45. The fraction of sp³-hybridized carbons (Fsp3) is 0.400. The molecule has 1 rings (SSSR count). The molecule has 0 saturated heterocycles. The summed E-state index contributed by atoms with van der Waals surface area (Å²) in [5.74, 6) is -0.867. The Morgan fingerprint density at radius 3 is 2.87 bits per heavy atom. The lowest BCUT2D eigenvalue weighted by atomic mass is 10.1. The number of nitrogens with zero attached hydrogens (tertiary/aromatic N) is 1. The van der Waals surface area contributed by atoms with E-state index in [1.54, 1.807) is 6.92 Å². The minimum Gasteiger partial charge on any atom is -0.322 e. The van der Waals surface area contributed by atoms with Crippen molar-refractivity contribution in [2.45, 2.75) is 20.3 Å². The van der Waals surface area contributed by atoms with Gasteiger partial charge in [0, 0.05) is 12.1 Å². The van der Waals surface area contributed by atoms with Gasteiger partial charge >= 0.3 is 0 Å². The van der Waals surface area contributed by atoms with Crippen LogP contribution < -0.4 is 5.32 Å². The van der Waals surface area contributed by atoms with Crippen molar-refractivity contribution in [3.63, 3.8) is 0 Å². The van der Waals surface area contributed by atoms with Crippen LogP contribution in [0.4, 0.5) is 10.1 Å². The lowest BCUT2D eigenvalue weighted by Gasteiger charge is -2.11. The van der Waals surface area contributed by atoms with Gasteiger partial charge in [-0.05, 0) is 22.4 Å². The molecule has 0 spiro atoms. The van der Waals surface area contributed by atoms with E-state index in [1.165, 1.54) is 6.20 Å². The first-order chi connectivity index (χ1) is 7.06. The van der Waals surface area contributed by atoms with Crippen LogP contribution in [0.5, 0.6) is 0 Å². The standard InChI is InChI=1S/C10H12BrFN2O/c1-3-6(2)10(15)14-9-7(11)4-13-5-8(9)12/h4-6H,3H2,1-2H3,(H,13,14,15). The molecule has 1 atom stereocenters. The van der Waals surface area contributed by atoms with Crippen molar-refractivity contribution in [2.75, 3.05) is 5.32 Å². The smallest absolute Gasteiger partial charge is 0.227 e. The van der Waals surface area contributed by atoms with Crippen molar-refractivity contribution in [3.8, 4) is 0 Å². The number of rotatable bonds is 3. The van der Waals surface area contributed by atoms with Crippen LogP contribution in [0, 0.1) is 11.7 Å². The highest BCUT2D eigenvalue weighted by molar-refractivity contribution is 9.10. The highest BCUT2D eigenvalue weighted by Crippen LogP contribution is 2.24. The zero-order valence-electron chi connectivity index (χ0n) is 8.55. The van der Waals surface area contributed by atoms with Gasteiger partial charge in [0.1, 0.15) is 0 Å². The number of carbonyl (C=O) groups is 1. The van der Waals surface area contributed by atoms with Crippen LogP contribution in [0.1, 0.15) is 20.3 Å². The zero-order chi connectivity index (χ0) is 11.4. The van der Waals surface area contributed by atoms with Gasteiger partial charge in [0.2, 0.25) is 5.91 Å². The summed E-state index contributed by atoms with van der Waals surface area (Å²) in [6.45, 7) is 3.70. The third kappa shape index (κ3) is 2.99. The normalized spacial score (nSPS) is 12.3. The van der Waals surface area contributed by atoms with E-state index in [0.29, 0.717) is 4.47 Å². The van der Waals surface area contributed by atoms with Crippen molar-refractivity contribution in [2.24, 2.45) is 5.92 Å². The average Bonchev–Trinajstić information content (AvgIpc) is 2.22. The second-order valence-corrected chi connectivity index (χ2v) is 4.13. The van der Waals surface area contributed by atoms with E-state index < -0.39 is 5.82 Å². The molecule has 1 heterocycles. The maximum absolute atomic E-state index is 13.3. The van der Waals surface area contributed by atoms with E-state index in [-0.39, 0.29) is 17.5 Å². The molecule has 0 radical (unpaired) electrons. The summed E-state index contributed by atoms with van der Waals surface area (Å²) in [6.07, 6.45) is 3.22. The minimum absolute atomic E-state index is 0.135. The molecule has 0 aliphatic heterocycles. The van der Waals surface area contributed by atoms with Gasteiger partial charge in [0.25, 0.3) is 0 Å². The van der Waals surface area contributed by atoms with E-state index in [4.69, 9.17) is 0 Å². The zero-order valence-corrected chi connectivity index (χ0v) is 10.1. The van der Waals surface area contributed by atoms with E-state index >= 15 is 0 Å². The van der Waals surface area contributed by atoms with Crippen LogP contribution in [0.25, 0.3) is 0 Å². The maximum Gasteiger partial charge on any atom is 0.227 e. The Morgan fingerprint density at radius 2 is 2.33 bits per heavy atom. The topological polar surface area (TPSA) is 42.0 Å². The van der Waals surface area contributed by atoms with Gasteiger partial charge < -0.3 is 5.32 Å². The van der Waals surface area contributed by atoms with E-state index in [0.717, 1.165) is 12.6 Å². The van der Waals surface area contributed by atoms with Gasteiger partial charge in [0.15, 0.2) is 5.82 Å². The molecule has 5 heteroatoms. The number of hydrogen-bond acceptors (Lipinski definition) is 2. The Bertz CT molecular complexity index is 350. The third-order valence-electron chi connectivity index (χ3n) is 2.16. The summed E-state index contributed by atoms with van der Waals surface area (Å²) in [7, 11) is 0. The number of anilines is 1. The van der Waals surface area contributed by atoms with Gasteiger partial charge in [-0.25, -0.2) is 4.39 Å². The monoisotopic (exact) mass is 274 g/mol. The number of aromatic nitrogens is 1. The molecular weight excluding hydrogens is 263 g/mol. The number of hydrogen-bond donors (Lipinski definition) is 1. The van der Waals surface area contributed by atoms with Crippen LogP contribution in [-0.4, -0.2) is 10.9 Å². The lowest BCUT2D eigenvalue weighted by molar-refractivity contribution is -0.119. The molecule has 0 bridgehead atoms. The third-order valence-corrected chi connectivity index (χ3v) is 2.76. The largest absolute Gasteiger partial charge is 0.322 e. The highest BCUT2D eigenvalue weighted by Gasteiger charge is 2.14. The van der Waals surface area contributed by atoms with Crippen molar-refractivity contribution >= 4 is 27.5 Å². The molecule has 82 valence electrons. The first-order valence-electron chi connectivity index (χ1n) is 4.66. The predicted molar refractivity (Wildman–Crippen MR) is 60.0 cm³/mol. The molecule has 0 aliphatic carbocycles. The second-order valence-electron chi connectivity index (χ2n) is 3.28. The minimum atomic E-state index is -0.541. The second kappa shape index (κ2) is 5.21. The van der Waals surface area contributed by atoms with Crippen LogP contribution in [0.2, 0.25) is 0 Å². The number of amides is 1. The first kappa shape index (κ1) is 12.1. The molecule has 0 fully saturated rings. The van der Waals surface area contributed by atoms with Gasteiger partial charge in [-0.2, -0.15) is 0 Å². The molecule has 1 aromatic rings. The molecule has 1 unspecified atom stereocenters. The summed E-state index contributed by atoms with van der Waals surface area (Å²) in [4.78, 5) is 15.2. The van der Waals surface area contributed by atoms with Crippen LogP contribution >= 0.6 is 15.9 Å². The molecular formula is C10H12BrFN2O. The summed E-state index contributed by atoms with van der Waals surface area (Å²) in [5, 5.41) is 2.53. The fourth-order valence-corrected chi connectivity index (χ4v) is 1.37. The summed E-state index contributed by atoms with van der Waals surface area (Å²) < 4.78 is 13.7. The van der Waals surface area contributed by atoms with Crippen molar-refractivity contribution in [1.82, 2.24) is 4.98 Å². The Kier molecular flexibility index (Phi) is 4.20. The van der Waals surface area contributed by atoms with E-state index in [1.807, 2.05) is 6.92 Å². The maximum atomic E-state index is 13.3. The summed E-state index contributed by atoms with van der Waals surface area (Å²) in [5.41, 5.74) is 0.148. The van der Waals surface area contributed by atoms with Crippen molar-refractivity contribution in [1.29, 1.82) is 0 Å². The van der Waals surface area contributed by atoms with Gasteiger partial charge in [-0.3, -0.25) is 9.78 Å². The summed E-state index contributed by atoms with van der Waals surface area (Å²) >= 11 is 3.13. The highest BCUT2D eigenvalue weighted by atomic mass is 79.9. The molecule has 0 saturated carbocycles. The average molecular weight is 275 g/mol. The quantitative estimate of drug-likeness (QED) is 0.921. The predicted octanol–water partition coefficient (Wildman–Crippen LogP) is 2.97. The Hall–Kier alpha value is -0.970. The van der Waals surface area contributed by atoms with Crippen LogP contribution in [0.15, 0.2) is 16.9 Å². The van der Waals surface area contributed by atoms with E-state index in [2.05, 4.69) is 26.2 Å². The molecule has 0 aromatic carbocycles. The van der Waals surface area contributed by atoms with Crippen LogP contribution in [-0.2, 0) is 4.79 Å². The molecule has 3 nitrogen and oxygen atoms in total. The Morgan fingerprint density at radius 1 is 1.67 bits per heavy atom. The Labute approximate surface area is 96.2 Å². The number of pyridine rings is 1. The summed E-state index contributed by atoms with van der Waals surface area (Å²) in [6, 6.07) is 0. The fourth-order valence-electron chi connectivity index (χ4n) is 0.963. The molecule has 0 aliphatic rings. The Balaban J connectivity index is 2.85. The number of carbonyl (C=O) groups excluding carboxylic acids is 1. The lowest BCUT2D eigenvalue weighted by Crippen LogP contribution is -2.20. The number of halogens is 2. The van der Waals surface area contributed by atoms with Gasteiger partial charge in [-0.15, -0.1) is 0 Å². The molecule has 15 heavy (non-hydrogen) atoms. The molecule has 1 amide bonds. The van der Waals surface area contributed by atoms with Gasteiger partial charge in [-0.1, -0.05) is 13.8 Å². The number of nitrogens with one attached hydrogen (secondary N) is 1. The van der Waals surface area contributed by atoms with Crippen LogP contribution in [0.3, 0.4) is 0 Å².